The lowest BCUT2D eigenvalue weighted by molar-refractivity contribution is 0.102. The molecular formula is C19H17FN4O. The molecule has 1 heterocycles. The number of para-hydroxylation sites is 1. The number of aryl methyl sites for hydroxylation is 2. The third-order valence-electron chi connectivity index (χ3n) is 3.72. The van der Waals surface area contributed by atoms with E-state index in [2.05, 4.69) is 20.6 Å². The van der Waals surface area contributed by atoms with E-state index < -0.39 is 0 Å². The van der Waals surface area contributed by atoms with Crippen molar-refractivity contribution in [2.75, 3.05) is 10.6 Å². The van der Waals surface area contributed by atoms with Crippen LogP contribution in [-0.4, -0.2) is 15.9 Å². The number of amides is 1. The highest BCUT2D eigenvalue weighted by molar-refractivity contribution is 6.04. The van der Waals surface area contributed by atoms with E-state index >= 15 is 0 Å². The van der Waals surface area contributed by atoms with Crippen LogP contribution in [0.25, 0.3) is 0 Å². The summed E-state index contributed by atoms with van der Waals surface area (Å²) in [4.78, 5) is 20.6. The SMILES string of the molecule is Cc1cccc(C)c1NC(=O)c1cc(Nc2cccc(F)c2)ncn1. The molecule has 1 aromatic heterocycles. The lowest BCUT2D eigenvalue weighted by atomic mass is 10.1. The number of carbonyl (C=O) groups is 1. The van der Waals surface area contributed by atoms with Gasteiger partial charge in [-0.1, -0.05) is 24.3 Å². The van der Waals surface area contributed by atoms with Gasteiger partial charge in [0.25, 0.3) is 5.91 Å². The summed E-state index contributed by atoms with van der Waals surface area (Å²) in [7, 11) is 0. The van der Waals surface area contributed by atoms with Crippen LogP contribution in [0.1, 0.15) is 21.6 Å². The van der Waals surface area contributed by atoms with Gasteiger partial charge in [-0.3, -0.25) is 4.79 Å². The van der Waals surface area contributed by atoms with E-state index in [1.165, 1.54) is 24.5 Å². The van der Waals surface area contributed by atoms with Gasteiger partial charge in [0.05, 0.1) is 0 Å². The van der Waals surface area contributed by atoms with E-state index in [1.54, 1.807) is 12.1 Å². The second kappa shape index (κ2) is 7.09. The number of benzene rings is 2. The molecule has 126 valence electrons. The Morgan fingerprint density at radius 1 is 1.00 bits per heavy atom. The Morgan fingerprint density at radius 3 is 2.44 bits per heavy atom. The summed E-state index contributed by atoms with van der Waals surface area (Å²) in [5.74, 6) is -0.276. The first-order valence-corrected chi connectivity index (χ1v) is 7.75. The summed E-state index contributed by atoms with van der Waals surface area (Å²) in [6.45, 7) is 3.86. The van der Waals surface area contributed by atoms with Crippen molar-refractivity contribution < 1.29 is 9.18 Å². The van der Waals surface area contributed by atoms with E-state index in [0.29, 0.717) is 11.5 Å². The van der Waals surface area contributed by atoms with Gasteiger partial charge in [-0.05, 0) is 43.2 Å². The van der Waals surface area contributed by atoms with Crippen LogP contribution in [0.2, 0.25) is 0 Å². The van der Waals surface area contributed by atoms with Gasteiger partial charge in [-0.15, -0.1) is 0 Å². The average molecular weight is 336 g/mol. The van der Waals surface area contributed by atoms with E-state index in [0.717, 1.165) is 16.8 Å². The molecule has 0 saturated heterocycles. The van der Waals surface area contributed by atoms with Gasteiger partial charge in [0.15, 0.2) is 0 Å². The Balaban J connectivity index is 1.80. The van der Waals surface area contributed by atoms with Gasteiger partial charge in [0, 0.05) is 17.4 Å². The Kier molecular flexibility index (Phi) is 4.70. The minimum atomic E-state index is -0.355. The number of hydrogen-bond donors (Lipinski definition) is 2. The van der Waals surface area contributed by atoms with Gasteiger partial charge in [0.1, 0.15) is 23.7 Å². The molecule has 0 aliphatic heterocycles. The molecule has 2 N–H and O–H groups in total. The first-order chi connectivity index (χ1) is 12.0. The Labute approximate surface area is 145 Å². The monoisotopic (exact) mass is 336 g/mol. The number of carbonyl (C=O) groups excluding carboxylic acids is 1. The zero-order valence-corrected chi connectivity index (χ0v) is 13.9. The molecule has 3 aromatic rings. The standard InChI is InChI=1S/C19H17FN4O/c1-12-5-3-6-13(2)18(12)24-19(25)16-10-17(22-11-21-16)23-15-8-4-7-14(20)9-15/h3-11H,1-2H3,(H,24,25)(H,21,22,23). The van der Waals surface area contributed by atoms with Crippen LogP contribution in [0.15, 0.2) is 54.9 Å². The lowest BCUT2D eigenvalue weighted by Gasteiger charge is -2.11. The molecule has 0 aliphatic carbocycles. The number of aromatic nitrogens is 2. The third kappa shape index (κ3) is 3.98. The molecule has 0 atom stereocenters. The van der Waals surface area contributed by atoms with Crippen LogP contribution in [-0.2, 0) is 0 Å². The largest absolute Gasteiger partial charge is 0.340 e. The van der Waals surface area contributed by atoms with Crippen molar-refractivity contribution in [2.45, 2.75) is 13.8 Å². The van der Waals surface area contributed by atoms with Crippen molar-refractivity contribution in [2.24, 2.45) is 0 Å². The summed E-state index contributed by atoms with van der Waals surface area (Å²) >= 11 is 0. The number of rotatable bonds is 4. The van der Waals surface area contributed by atoms with Crippen LogP contribution >= 0.6 is 0 Å². The van der Waals surface area contributed by atoms with Crippen molar-refractivity contribution in [3.05, 3.63) is 77.5 Å². The average Bonchev–Trinajstić information content (AvgIpc) is 2.58. The predicted molar refractivity (Wildman–Crippen MR) is 95.6 cm³/mol. The molecule has 0 saturated carbocycles. The van der Waals surface area contributed by atoms with Crippen LogP contribution in [0, 0.1) is 19.7 Å². The molecule has 0 spiro atoms. The summed E-state index contributed by atoms with van der Waals surface area (Å²) in [6.07, 6.45) is 1.29. The minimum Gasteiger partial charge on any atom is -0.340 e. The second-order valence-corrected chi connectivity index (χ2v) is 5.64. The van der Waals surface area contributed by atoms with E-state index in [1.807, 2.05) is 32.0 Å². The van der Waals surface area contributed by atoms with Gasteiger partial charge in [-0.2, -0.15) is 0 Å². The van der Waals surface area contributed by atoms with Crippen LogP contribution in [0.4, 0.5) is 21.6 Å². The Hall–Kier alpha value is -3.28. The highest BCUT2D eigenvalue weighted by Gasteiger charge is 2.12. The number of nitrogens with zero attached hydrogens (tertiary/aromatic N) is 2. The number of hydrogen-bond acceptors (Lipinski definition) is 4. The number of nitrogens with one attached hydrogen (secondary N) is 2. The Bertz CT molecular complexity index is 907. The molecule has 0 aliphatic rings. The summed E-state index contributed by atoms with van der Waals surface area (Å²) in [5.41, 5.74) is 3.48. The van der Waals surface area contributed by atoms with Gasteiger partial charge >= 0.3 is 0 Å². The predicted octanol–water partition coefficient (Wildman–Crippen LogP) is 4.23. The van der Waals surface area contributed by atoms with Crippen molar-refractivity contribution in [1.29, 1.82) is 0 Å². The lowest BCUT2D eigenvalue weighted by Crippen LogP contribution is -2.15. The molecule has 2 aromatic carbocycles. The van der Waals surface area contributed by atoms with Crippen molar-refractivity contribution in [1.82, 2.24) is 9.97 Å². The first kappa shape index (κ1) is 16.6. The summed E-state index contributed by atoms with van der Waals surface area (Å²) < 4.78 is 13.3. The molecule has 0 bridgehead atoms. The number of anilines is 3. The van der Waals surface area contributed by atoms with Crippen LogP contribution in [0.3, 0.4) is 0 Å². The van der Waals surface area contributed by atoms with E-state index in [-0.39, 0.29) is 17.4 Å². The fraction of sp³-hybridized carbons (Fsp3) is 0.105. The molecule has 0 radical (unpaired) electrons. The third-order valence-corrected chi connectivity index (χ3v) is 3.72. The normalized spacial score (nSPS) is 10.4. The van der Waals surface area contributed by atoms with Gasteiger partial charge in [0.2, 0.25) is 0 Å². The smallest absolute Gasteiger partial charge is 0.274 e. The first-order valence-electron chi connectivity index (χ1n) is 7.75. The molecule has 25 heavy (non-hydrogen) atoms. The summed E-state index contributed by atoms with van der Waals surface area (Å²) in [6, 6.07) is 13.3. The minimum absolute atomic E-state index is 0.219. The van der Waals surface area contributed by atoms with Crippen molar-refractivity contribution in [3.8, 4) is 0 Å². The van der Waals surface area contributed by atoms with E-state index in [4.69, 9.17) is 0 Å². The second-order valence-electron chi connectivity index (χ2n) is 5.64. The maximum atomic E-state index is 13.3. The zero-order chi connectivity index (χ0) is 17.8. The Morgan fingerprint density at radius 2 is 1.72 bits per heavy atom. The highest BCUT2D eigenvalue weighted by Crippen LogP contribution is 2.21. The molecule has 6 heteroatoms. The molecule has 1 amide bonds. The maximum absolute atomic E-state index is 13.3. The molecular weight excluding hydrogens is 319 g/mol. The maximum Gasteiger partial charge on any atom is 0.274 e. The van der Waals surface area contributed by atoms with E-state index in [9.17, 15) is 9.18 Å². The van der Waals surface area contributed by atoms with Gasteiger partial charge < -0.3 is 10.6 Å². The fourth-order valence-corrected chi connectivity index (χ4v) is 2.45. The molecule has 0 fully saturated rings. The van der Waals surface area contributed by atoms with Gasteiger partial charge in [-0.25, -0.2) is 14.4 Å². The molecule has 0 unspecified atom stereocenters. The molecule has 3 rings (SSSR count). The summed E-state index contributed by atoms with van der Waals surface area (Å²) in [5, 5.41) is 5.83. The van der Waals surface area contributed by atoms with Crippen molar-refractivity contribution in [3.63, 3.8) is 0 Å². The topological polar surface area (TPSA) is 66.9 Å². The highest BCUT2D eigenvalue weighted by atomic mass is 19.1. The quantitative estimate of drug-likeness (QED) is 0.748. The number of halogens is 1. The zero-order valence-electron chi connectivity index (χ0n) is 13.9. The fourth-order valence-electron chi connectivity index (χ4n) is 2.45. The van der Waals surface area contributed by atoms with Crippen LogP contribution < -0.4 is 10.6 Å². The van der Waals surface area contributed by atoms with Crippen LogP contribution in [0.5, 0.6) is 0 Å². The van der Waals surface area contributed by atoms with Crippen molar-refractivity contribution >= 4 is 23.1 Å². The molecule has 5 nitrogen and oxygen atoms in total.